The van der Waals surface area contributed by atoms with Crippen LogP contribution in [-0.4, -0.2) is 35.5 Å². The zero-order chi connectivity index (χ0) is 26.0. The molecule has 184 valence electrons. The summed E-state index contributed by atoms with van der Waals surface area (Å²) in [6.07, 6.45) is 6.40. The van der Waals surface area contributed by atoms with E-state index in [0.29, 0.717) is 11.3 Å². The molecule has 3 heterocycles. The van der Waals surface area contributed by atoms with Crippen LogP contribution in [0.25, 0.3) is 33.3 Å². The molecule has 37 heavy (non-hydrogen) atoms. The van der Waals surface area contributed by atoms with Gasteiger partial charge < -0.3 is 5.32 Å². The average Bonchev–Trinajstić information content (AvgIpc) is 2.91. The second kappa shape index (κ2) is 9.91. The third-order valence-corrected chi connectivity index (χ3v) is 7.32. The van der Waals surface area contributed by atoms with Gasteiger partial charge in [0, 0.05) is 41.4 Å². The van der Waals surface area contributed by atoms with Crippen LogP contribution in [0.3, 0.4) is 0 Å². The van der Waals surface area contributed by atoms with E-state index in [0.717, 1.165) is 39.5 Å². The molecule has 3 aromatic heterocycles. The molecule has 1 N–H and O–H groups in total. The fourth-order valence-electron chi connectivity index (χ4n) is 4.13. The van der Waals surface area contributed by atoms with Gasteiger partial charge in [0.1, 0.15) is 0 Å². The summed E-state index contributed by atoms with van der Waals surface area (Å²) in [5.74, 6) is -0.374. The SMILES string of the molecule is Cc1ccc(C(=O)NCc2cc3nc(-c4cccc(-c5ccncc5)c4)ccc3cn2)cc1S(C)(=O)=O. The van der Waals surface area contributed by atoms with Gasteiger partial charge in [-0.15, -0.1) is 0 Å². The fourth-order valence-corrected chi connectivity index (χ4v) is 5.13. The molecule has 0 spiro atoms. The lowest BCUT2D eigenvalue weighted by Gasteiger charge is -2.09. The van der Waals surface area contributed by atoms with E-state index in [-0.39, 0.29) is 22.9 Å². The monoisotopic (exact) mass is 508 g/mol. The van der Waals surface area contributed by atoms with Crippen molar-refractivity contribution in [1.82, 2.24) is 20.3 Å². The van der Waals surface area contributed by atoms with E-state index in [1.54, 1.807) is 37.6 Å². The van der Waals surface area contributed by atoms with E-state index < -0.39 is 9.84 Å². The number of hydrogen-bond donors (Lipinski definition) is 1. The van der Waals surface area contributed by atoms with Gasteiger partial charge in [-0.25, -0.2) is 13.4 Å². The first-order valence-electron chi connectivity index (χ1n) is 11.6. The molecular formula is C29H24N4O3S. The molecule has 8 heteroatoms. The van der Waals surface area contributed by atoms with E-state index in [9.17, 15) is 13.2 Å². The van der Waals surface area contributed by atoms with Crippen LogP contribution in [0.1, 0.15) is 21.6 Å². The van der Waals surface area contributed by atoms with Gasteiger partial charge in [0.2, 0.25) is 0 Å². The van der Waals surface area contributed by atoms with Gasteiger partial charge in [0.05, 0.1) is 28.3 Å². The van der Waals surface area contributed by atoms with E-state index in [4.69, 9.17) is 4.98 Å². The van der Waals surface area contributed by atoms with Gasteiger partial charge in [-0.1, -0.05) is 24.3 Å². The number of fused-ring (bicyclic) bond motifs is 1. The first kappa shape index (κ1) is 24.3. The van der Waals surface area contributed by atoms with Crippen molar-refractivity contribution in [3.05, 3.63) is 108 Å². The molecule has 0 fully saturated rings. The molecule has 0 saturated heterocycles. The Morgan fingerprint density at radius 1 is 0.892 bits per heavy atom. The lowest BCUT2D eigenvalue weighted by Crippen LogP contribution is -2.23. The minimum Gasteiger partial charge on any atom is -0.346 e. The number of carbonyl (C=O) groups excluding carboxylic acids is 1. The van der Waals surface area contributed by atoms with Crippen molar-refractivity contribution in [1.29, 1.82) is 0 Å². The topological polar surface area (TPSA) is 102 Å². The summed E-state index contributed by atoms with van der Waals surface area (Å²) in [4.78, 5) is 26.2. The largest absolute Gasteiger partial charge is 0.346 e. The first-order valence-corrected chi connectivity index (χ1v) is 13.5. The number of amides is 1. The number of rotatable bonds is 6. The van der Waals surface area contributed by atoms with Crippen molar-refractivity contribution in [2.45, 2.75) is 18.4 Å². The predicted molar refractivity (Wildman–Crippen MR) is 144 cm³/mol. The van der Waals surface area contributed by atoms with Crippen molar-refractivity contribution in [3.63, 3.8) is 0 Å². The molecule has 0 aliphatic carbocycles. The number of sulfone groups is 1. The molecule has 0 atom stereocenters. The maximum absolute atomic E-state index is 12.7. The molecule has 0 aliphatic rings. The highest BCUT2D eigenvalue weighted by Crippen LogP contribution is 2.26. The van der Waals surface area contributed by atoms with Gasteiger partial charge in [0.15, 0.2) is 9.84 Å². The summed E-state index contributed by atoms with van der Waals surface area (Å²) >= 11 is 0. The normalized spacial score (nSPS) is 11.4. The second-order valence-electron chi connectivity index (χ2n) is 8.82. The molecule has 0 saturated carbocycles. The number of aryl methyl sites for hydroxylation is 1. The minimum absolute atomic E-state index is 0.147. The Morgan fingerprint density at radius 3 is 2.46 bits per heavy atom. The van der Waals surface area contributed by atoms with Crippen molar-refractivity contribution in [2.24, 2.45) is 0 Å². The van der Waals surface area contributed by atoms with E-state index in [1.165, 1.54) is 6.07 Å². The zero-order valence-corrected chi connectivity index (χ0v) is 21.2. The Bertz CT molecular complexity index is 1740. The number of benzene rings is 2. The summed E-state index contributed by atoms with van der Waals surface area (Å²) in [7, 11) is -3.43. The van der Waals surface area contributed by atoms with Crippen molar-refractivity contribution in [3.8, 4) is 22.4 Å². The molecule has 1 amide bonds. The lowest BCUT2D eigenvalue weighted by molar-refractivity contribution is 0.0950. The molecule has 0 aliphatic heterocycles. The third-order valence-electron chi connectivity index (χ3n) is 6.08. The molecule has 5 rings (SSSR count). The highest BCUT2D eigenvalue weighted by atomic mass is 32.2. The first-order chi connectivity index (χ1) is 17.8. The van der Waals surface area contributed by atoms with Gasteiger partial charge in [-0.2, -0.15) is 0 Å². The van der Waals surface area contributed by atoms with Crippen LogP contribution in [0, 0.1) is 6.92 Å². The molecule has 0 radical (unpaired) electrons. The Labute approximate surface area is 215 Å². The van der Waals surface area contributed by atoms with Crippen LogP contribution < -0.4 is 5.32 Å². The van der Waals surface area contributed by atoms with Crippen LogP contribution in [0.15, 0.2) is 96.3 Å². The van der Waals surface area contributed by atoms with Gasteiger partial charge in [-0.05, 0) is 72.1 Å². The third kappa shape index (κ3) is 5.39. The minimum atomic E-state index is -3.43. The highest BCUT2D eigenvalue weighted by molar-refractivity contribution is 7.90. The number of hydrogen-bond acceptors (Lipinski definition) is 6. The summed E-state index contributed by atoms with van der Waals surface area (Å²) in [5, 5.41) is 3.71. The second-order valence-corrected chi connectivity index (χ2v) is 10.8. The van der Waals surface area contributed by atoms with Crippen LogP contribution in [0.5, 0.6) is 0 Å². The van der Waals surface area contributed by atoms with Crippen molar-refractivity contribution >= 4 is 26.6 Å². The van der Waals surface area contributed by atoms with E-state index >= 15 is 0 Å². The maximum Gasteiger partial charge on any atom is 0.251 e. The number of nitrogens with one attached hydrogen (secondary N) is 1. The molecule has 7 nitrogen and oxygen atoms in total. The molecular weight excluding hydrogens is 484 g/mol. The standard InChI is InChI=1S/C29H24N4O3S/c1-19-6-7-23(15-28(19)37(2,35)36)29(34)32-18-25-16-27-24(17-31-25)8-9-26(33-27)22-5-3-4-21(14-22)20-10-12-30-13-11-20/h3-17H,18H2,1-2H3,(H,32,34). The Kier molecular flexibility index (Phi) is 6.50. The van der Waals surface area contributed by atoms with Crippen molar-refractivity contribution in [2.75, 3.05) is 6.26 Å². The predicted octanol–water partition coefficient (Wildman–Crippen LogP) is 5.00. The number of nitrogens with zero attached hydrogens (tertiary/aromatic N) is 3. The smallest absolute Gasteiger partial charge is 0.251 e. The lowest BCUT2D eigenvalue weighted by atomic mass is 10.0. The Balaban J connectivity index is 1.37. The summed E-state index contributed by atoms with van der Waals surface area (Å²) in [5.41, 5.74) is 6.27. The zero-order valence-electron chi connectivity index (χ0n) is 20.3. The molecule has 5 aromatic rings. The van der Waals surface area contributed by atoms with Crippen LogP contribution in [0.2, 0.25) is 0 Å². The Morgan fingerprint density at radius 2 is 1.68 bits per heavy atom. The maximum atomic E-state index is 12.7. The summed E-state index contributed by atoms with van der Waals surface area (Å²) in [6.45, 7) is 1.88. The van der Waals surface area contributed by atoms with Crippen LogP contribution in [0.4, 0.5) is 0 Å². The molecule has 0 bridgehead atoms. The molecule has 0 unspecified atom stereocenters. The van der Waals surface area contributed by atoms with Gasteiger partial charge >= 0.3 is 0 Å². The number of carbonyl (C=O) groups is 1. The fraction of sp³-hybridized carbons (Fsp3) is 0.103. The number of aromatic nitrogens is 3. The Hall–Kier alpha value is -4.43. The average molecular weight is 509 g/mol. The summed E-state index contributed by atoms with van der Waals surface area (Å²) in [6, 6.07) is 22.6. The van der Waals surface area contributed by atoms with Gasteiger partial charge in [0.25, 0.3) is 5.91 Å². The van der Waals surface area contributed by atoms with Gasteiger partial charge in [-0.3, -0.25) is 14.8 Å². The van der Waals surface area contributed by atoms with E-state index in [1.807, 2.05) is 42.5 Å². The van der Waals surface area contributed by atoms with Crippen molar-refractivity contribution < 1.29 is 13.2 Å². The van der Waals surface area contributed by atoms with E-state index in [2.05, 4.69) is 27.4 Å². The number of pyridine rings is 3. The van der Waals surface area contributed by atoms with Crippen LogP contribution in [-0.2, 0) is 16.4 Å². The molecule has 2 aromatic carbocycles. The quantitative estimate of drug-likeness (QED) is 0.346. The van der Waals surface area contributed by atoms with Crippen LogP contribution >= 0.6 is 0 Å². The summed E-state index contributed by atoms with van der Waals surface area (Å²) < 4.78 is 24.0. The highest BCUT2D eigenvalue weighted by Gasteiger charge is 2.15.